The Labute approximate surface area is 229 Å². The first-order valence-corrected chi connectivity index (χ1v) is 15.0. The van der Waals surface area contributed by atoms with Crippen LogP contribution in [-0.2, 0) is 14.3 Å². The van der Waals surface area contributed by atoms with Crippen molar-refractivity contribution >= 4 is 11.7 Å². The smallest absolute Gasteiger partial charge is 0.380 e. The highest BCUT2D eigenvalue weighted by Gasteiger charge is 2.58. The number of Topliss-reactive ketones (excluding diaryl/α,β-unsaturated/α-hetero) is 1. The standard InChI is InChI=1S/C28H44F3N5O3/c1-35-16-33-34-25(35)11-27(14-39-15-27)19-3-2-4-20(10-19)36-13-22-21(26(36)38)8-17(9-23(22)28(29,30)31)7-18-12-32-6-5-24(18)37/h17-23,25,32-34H,2-16H2,1H3. The fourth-order valence-electron chi connectivity index (χ4n) is 8.82. The molecule has 39 heavy (non-hydrogen) atoms. The predicted molar refractivity (Wildman–Crippen MR) is 138 cm³/mol. The maximum Gasteiger partial charge on any atom is 0.392 e. The number of alkyl halides is 3. The molecule has 0 aromatic rings. The fraction of sp³-hybridized carbons (Fsp3) is 0.929. The molecule has 4 heterocycles. The summed E-state index contributed by atoms with van der Waals surface area (Å²) in [4.78, 5) is 30.3. The molecule has 2 saturated carbocycles. The number of hydrazine groups is 1. The van der Waals surface area contributed by atoms with E-state index in [9.17, 15) is 22.8 Å². The van der Waals surface area contributed by atoms with Crippen LogP contribution in [0.5, 0.6) is 0 Å². The Morgan fingerprint density at radius 1 is 1.13 bits per heavy atom. The maximum atomic E-state index is 14.4. The Hall–Kier alpha value is -1.27. The van der Waals surface area contributed by atoms with E-state index in [-0.39, 0.29) is 54.1 Å². The first-order valence-electron chi connectivity index (χ1n) is 15.0. The van der Waals surface area contributed by atoms with Crippen molar-refractivity contribution in [2.45, 2.75) is 76.2 Å². The molecule has 220 valence electrons. The number of hydrogen-bond donors (Lipinski definition) is 3. The van der Waals surface area contributed by atoms with E-state index in [4.69, 9.17) is 4.74 Å². The summed E-state index contributed by atoms with van der Waals surface area (Å²) >= 11 is 0. The van der Waals surface area contributed by atoms with E-state index in [0.717, 1.165) is 38.8 Å². The molecule has 6 rings (SSSR count). The number of nitrogens with zero attached hydrogens (tertiary/aromatic N) is 2. The number of ether oxygens (including phenoxy) is 1. The average Bonchev–Trinajstić information content (AvgIpc) is 3.44. The number of ketones is 1. The molecule has 0 bridgehead atoms. The van der Waals surface area contributed by atoms with E-state index < -0.39 is 23.9 Å². The van der Waals surface area contributed by atoms with Gasteiger partial charge in [0.25, 0.3) is 0 Å². The molecule has 8 atom stereocenters. The predicted octanol–water partition coefficient (Wildman–Crippen LogP) is 2.51. The van der Waals surface area contributed by atoms with Crippen LogP contribution in [0.1, 0.15) is 57.8 Å². The van der Waals surface area contributed by atoms with Gasteiger partial charge in [-0.15, -0.1) is 0 Å². The second-order valence-corrected chi connectivity index (χ2v) is 13.4. The van der Waals surface area contributed by atoms with Gasteiger partial charge in [-0.25, -0.2) is 10.9 Å². The highest BCUT2D eigenvalue weighted by atomic mass is 19.4. The Bertz CT molecular complexity index is 931. The lowest BCUT2D eigenvalue weighted by atomic mass is 9.64. The number of likely N-dealkylation sites (tertiary alicyclic amines) is 1. The number of piperidine rings is 1. The minimum absolute atomic E-state index is 0.00294. The van der Waals surface area contributed by atoms with Gasteiger partial charge in [0.1, 0.15) is 5.78 Å². The minimum Gasteiger partial charge on any atom is -0.380 e. The van der Waals surface area contributed by atoms with Gasteiger partial charge >= 0.3 is 6.18 Å². The molecule has 8 unspecified atom stereocenters. The quantitative estimate of drug-likeness (QED) is 0.465. The van der Waals surface area contributed by atoms with E-state index in [1.54, 1.807) is 0 Å². The number of carbonyl (C=O) groups is 2. The molecule has 4 aliphatic heterocycles. The molecule has 11 heteroatoms. The largest absolute Gasteiger partial charge is 0.392 e. The molecule has 8 nitrogen and oxygen atoms in total. The first kappa shape index (κ1) is 27.9. The second kappa shape index (κ2) is 10.9. The highest BCUT2D eigenvalue weighted by molar-refractivity contribution is 5.83. The van der Waals surface area contributed by atoms with Gasteiger partial charge in [0, 0.05) is 49.3 Å². The molecule has 0 radical (unpaired) electrons. The van der Waals surface area contributed by atoms with Crippen molar-refractivity contribution in [3.8, 4) is 0 Å². The molecule has 6 fully saturated rings. The number of hydrogen-bond acceptors (Lipinski definition) is 7. The van der Waals surface area contributed by atoms with Crippen molar-refractivity contribution in [3.05, 3.63) is 0 Å². The molecule has 0 aromatic carbocycles. The third-order valence-electron chi connectivity index (χ3n) is 11.1. The SMILES string of the molecule is CN1CNNC1CC1(C2CCCC(N3CC4C(CC(CC5CNCCC5=O)CC4C(F)(F)F)C3=O)C2)COC1. The molecule has 0 spiro atoms. The lowest BCUT2D eigenvalue weighted by Crippen LogP contribution is -2.56. The van der Waals surface area contributed by atoms with Gasteiger partial charge < -0.3 is 15.0 Å². The van der Waals surface area contributed by atoms with E-state index in [2.05, 4.69) is 28.1 Å². The number of rotatable bonds is 6. The van der Waals surface area contributed by atoms with Crippen molar-refractivity contribution in [2.24, 2.45) is 40.9 Å². The summed E-state index contributed by atoms with van der Waals surface area (Å²) in [5.41, 5.74) is 6.60. The normalized spacial score (nSPS) is 41.5. The molecule has 0 aromatic heterocycles. The van der Waals surface area contributed by atoms with Crippen LogP contribution in [0.4, 0.5) is 13.2 Å². The summed E-state index contributed by atoms with van der Waals surface area (Å²) in [6.07, 6.45) is 2.06. The van der Waals surface area contributed by atoms with E-state index in [1.165, 1.54) is 0 Å². The summed E-state index contributed by atoms with van der Waals surface area (Å²) in [6, 6.07) is 0.00294. The lowest BCUT2D eigenvalue weighted by molar-refractivity contribution is -0.204. The number of carbonyl (C=O) groups excluding carboxylic acids is 2. The molecular formula is C28H44F3N5O3. The third kappa shape index (κ3) is 5.38. The number of amides is 1. The van der Waals surface area contributed by atoms with Crippen molar-refractivity contribution in [1.29, 1.82) is 0 Å². The lowest BCUT2D eigenvalue weighted by Gasteiger charge is -2.52. The van der Waals surface area contributed by atoms with Crippen molar-refractivity contribution in [1.82, 2.24) is 26.0 Å². The zero-order valence-corrected chi connectivity index (χ0v) is 23.0. The van der Waals surface area contributed by atoms with Crippen LogP contribution in [0.2, 0.25) is 0 Å². The summed E-state index contributed by atoms with van der Waals surface area (Å²) in [5, 5.41) is 3.21. The van der Waals surface area contributed by atoms with Gasteiger partial charge in [0.15, 0.2) is 0 Å². The van der Waals surface area contributed by atoms with Crippen molar-refractivity contribution in [2.75, 3.05) is 46.6 Å². The molecule has 3 N–H and O–H groups in total. The summed E-state index contributed by atoms with van der Waals surface area (Å²) in [6.45, 7) is 3.61. The molecule has 1 amide bonds. The monoisotopic (exact) mass is 555 g/mol. The van der Waals surface area contributed by atoms with Crippen molar-refractivity contribution in [3.63, 3.8) is 0 Å². The Morgan fingerprint density at radius 2 is 1.95 bits per heavy atom. The zero-order valence-electron chi connectivity index (χ0n) is 23.0. The highest BCUT2D eigenvalue weighted by Crippen LogP contribution is 2.53. The average molecular weight is 556 g/mol. The Kier molecular flexibility index (Phi) is 7.76. The van der Waals surface area contributed by atoms with Gasteiger partial charge in [-0.3, -0.25) is 14.5 Å². The van der Waals surface area contributed by atoms with Gasteiger partial charge in [-0.2, -0.15) is 13.2 Å². The number of fused-ring (bicyclic) bond motifs is 1. The number of halogens is 3. The maximum absolute atomic E-state index is 14.4. The number of nitrogens with one attached hydrogen (secondary N) is 3. The van der Waals surface area contributed by atoms with Crippen LogP contribution >= 0.6 is 0 Å². The van der Waals surface area contributed by atoms with Gasteiger partial charge in [-0.1, -0.05) is 6.42 Å². The molecular weight excluding hydrogens is 511 g/mol. The summed E-state index contributed by atoms with van der Waals surface area (Å²) in [5.74, 6) is -2.71. The van der Waals surface area contributed by atoms with Gasteiger partial charge in [0.05, 0.1) is 32.0 Å². The van der Waals surface area contributed by atoms with E-state index in [1.807, 2.05) is 4.90 Å². The van der Waals surface area contributed by atoms with Crippen molar-refractivity contribution < 1.29 is 27.5 Å². The fourth-order valence-corrected chi connectivity index (χ4v) is 8.82. The van der Waals surface area contributed by atoms with Crippen LogP contribution in [-0.4, -0.2) is 86.4 Å². The van der Waals surface area contributed by atoms with Crippen LogP contribution < -0.4 is 16.2 Å². The minimum atomic E-state index is -4.33. The Morgan fingerprint density at radius 3 is 2.62 bits per heavy atom. The third-order valence-corrected chi connectivity index (χ3v) is 11.1. The van der Waals surface area contributed by atoms with Gasteiger partial charge in [-0.05, 0) is 69.7 Å². The second-order valence-electron chi connectivity index (χ2n) is 13.4. The molecule has 2 aliphatic carbocycles. The van der Waals surface area contributed by atoms with E-state index in [0.29, 0.717) is 51.5 Å². The Balaban J connectivity index is 1.15. The van der Waals surface area contributed by atoms with Crippen LogP contribution in [0.25, 0.3) is 0 Å². The molecule has 4 saturated heterocycles. The summed E-state index contributed by atoms with van der Waals surface area (Å²) < 4.78 is 48.8. The summed E-state index contributed by atoms with van der Waals surface area (Å²) in [7, 11) is 2.09. The van der Waals surface area contributed by atoms with Gasteiger partial charge in [0.2, 0.25) is 5.91 Å². The first-order chi connectivity index (χ1) is 18.6. The van der Waals surface area contributed by atoms with Crippen LogP contribution in [0, 0.1) is 40.9 Å². The van der Waals surface area contributed by atoms with E-state index >= 15 is 0 Å². The van der Waals surface area contributed by atoms with Crippen LogP contribution in [0.3, 0.4) is 0 Å². The zero-order chi connectivity index (χ0) is 27.4. The molecule has 6 aliphatic rings. The van der Waals surface area contributed by atoms with Crippen LogP contribution in [0.15, 0.2) is 0 Å². The topological polar surface area (TPSA) is 85.9 Å².